The van der Waals surface area contributed by atoms with Gasteiger partial charge in [-0.15, -0.1) is 0 Å². The molecule has 0 rings (SSSR count). The van der Waals surface area contributed by atoms with Crippen molar-refractivity contribution in [3.05, 3.63) is 0 Å². The lowest BCUT2D eigenvalue weighted by Gasteiger charge is -2.06. The first-order valence-corrected chi connectivity index (χ1v) is 3.38. The normalized spacial score (nSPS) is 9.33. The molecule has 0 amide bonds. The van der Waals surface area contributed by atoms with E-state index >= 15 is 0 Å². The van der Waals surface area contributed by atoms with Crippen molar-refractivity contribution in [1.82, 2.24) is 0 Å². The first-order chi connectivity index (χ1) is 4.13. The van der Waals surface area contributed by atoms with Crippen molar-refractivity contribution in [1.29, 1.82) is 0 Å². The van der Waals surface area contributed by atoms with E-state index < -0.39 is 0 Å². The summed E-state index contributed by atoms with van der Waals surface area (Å²) in [6, 6.07) is 1.50. The van der Waals surface area contributed by atoms with E-state index in [4.69, 9.17) is 5.11 Å². The zero-order valence-electron chi connectivity index (χ0n) is 7.14. The van der Waals surface area contributed by atoms with Crippen LogP contribution in [-0.4, -0.2) is 19.2 Å². The summed E-state index contributed by atoms with van der Waals surface area (Å²) in [4.78, 5) is 0. The molecule has 0 unspecified atom stereocenters. The van der Waals surface area contributed by atoms with Crippen molar-refractivity contribution < 1.29 is 10.4 Å². The molecule has 0 atom stereocenters. The molecule has 0 saturated carbocycles. The standard InChI is InChI=1S/C6H15N.CH3O/c1-5(2)7-6(3)4;1-2/h5-7H,1-4H3;1H3/q;-1/p+1. The summed E-state index contributed by atoms with van der Waals surface area (Å²) in [7, 11) is 0.750. The molecule has 2 nitrogen and oxygen atoms in total. The minimum atomic E-state index is 0.750. The Labute approximate surface area is 58.3 Å². The molecule has 0 aromatic heterocycles. The Kier molecular flexibility index (Phi) is 10.3. The van der Waals surface area contributed by atoms with E-state index in [-0.39, 0.29) is 0 Å². The number of hydrogen-bond donors (Lipinski definition) is 1. The smallest absolute Gasteiger partial charge is 0.0803 e. The Bertz CT molecular complexity index is 38.2. The summed E-state index contributed by atoms with van der Waals surface area (Å²) in [5, 5.41) is 10.6. The molecular formula is C7H19NO. The molecule has 0 spiro atoms. The van der Waals surface area contributed by atoms with Gasteiger partial charge in [-0.25, -0.2) is 0 Å². The van der Waals surface area contributed by atoms with Crippen LogP contribution in [-0.2, 0) is 0 Å². The zero-order chi connectivity index (χ0) is 7.86. The van der Waals surface area contributed by atoms with Crippen LogP contribution in [0.4, 0.5) is 0 Å². The Morgan fingerprint density at radius 3 is 1.11 bits per heavy atom. The summed E-state index contributed by atoms with van der Waals surface area (Å²) < 4.78 is 0. The minimum Gasteiger partial charge on any atom is -0.857 e. The topological polar surface area (TPSA) is 39.7 Å². The highest BCUT2D eigenvalue weighted by atomic mass is 16.2. The second kappa shape index (κ2) is 7.92. The molecule has 0 heterocycles. The van der Waals surface area contributed by atoms with Gasteiger partial charge in [0.1, 0.15) is 0 Å². The molecule has 2 N–H and O–H groups in total. The molecule has 58 valence electrons. The zero-order valence-corrected chi connectivity index (χ0v) is 7.14. The van der Waals surface area contributed by atoms with Crippen LogP contribution in [0.2, 0.25) is 0 Å². The van der Waals surface area contributed by atoms with Gasteiger partial charge in [0, 0.05) is 0 Å². The molecule has 0 aliphatic rings. The van der Waals surface area contributed by atoms with Crippen molar-refractivity contribution in [2.45, 2.75) is 39.8 Å². The quantitative estimate of drug-likeness (QED) is 0.534. The SMILES string of the molecule is CC(C)[NH2+]C(C)C.C[O-]. The molecule has 0 radical (unpaired) electrons. The lowest BCUT2D eigenvalue weighted by atomic mass is 10.3. The molecule has 0 aliphatic heterocycles. The van der Waals surface area contributed by atoms with Gasteiger partial charge in [0.25, 0.3) is 0 Å². The van der Waals surface area contributed by atoms with Crippen LogP contribution in [0.15, 0.2) is 0 Å². The van der Waals surface area contributed by atoms with Crippen molar-refractivity contribution in [2.24, 2.45) is 0 Å². The number of hydrogen-bond acceptors (Lipinski definition) is 1. The van der Waals surface area contributed by atoms with Gasteiger partial charge in [0.2, 0.25) is 0 Å². The Morgan fingerprint density at radius 1 is 0.889 bits per heavy atom. The molecule has 0 fully saturated rings. The van der Waals surface area contributed by atoms with Gasteiger partial charge in [-0.3, -0.25) is 0 Å². The van der Waals surface area contributed by atoms with Gasteiger partial charge >= 0.3 is 0 Å². The van der Waals surface area contributed by atoms with E-state index in [0.29, 0.717) is 0 Å². The molecule has 0 bridgehead atoms. The Hall–Kier alpha value is -0.0800. The third-order valence-corrected chi connectivity index (χ3v) is 0.770. The molecule has 0 aliphatic carbocycles. The molecule has 0 aromatic carbocycles. The highest BCUT2D eigenvalue weighted by molar-refractivity contribution is 4.31. The van der Waals surface area contributed by atoms with Crippen molar-refractivity contribution in [2.75, 3.05) is 7.11 Å². The molecule has 0 aromatic rings. The monoisotopic (exact) mass is 133 g/mol. The highest BCUT2D eigenvalue weighted by Gasteiger charge is 1.96. The van der Waals surface area contributed by atoms with Crippen LogP contribution in [0.5, 0.6) is 0 Å². The van der Waals surface area contributed by atoms with E-state index in [1.54, 1.807) is 0 Å². The fourth-order valence-corrected chi connectivity index (χ4v) is 0.770. The fourth-order valence-electron chi connectivity index (χ4n) is 0.770. The third-order valence-electron chi connectivity index (χ3n) is 0.770. The number of quaternary nitrogens is 1. The Morgan fingerprint density at radius 2 is 1.11 bits per heavy atom. The van der Waals surface area contributed by atoms with Crippen LogP contribution >= 0.6 is 0 Å². The fraction of sp³-hybridized carbons (Fsp3) is 1.00. The summed E-state index contributed by atoms with van der Waals surface area (Å²) in [5.74, 6) is 0. The van der Waals surface area contributed by atoms with Crippen molar-refractivity contribution in [3.63, 3.8) is 0 Å². The van der Waals surface area contributed by atoms with Gasteiger partial charge in [-0.05, 0) is 27.7 Å². The predicted octanol–water partition coefficient (Wildman–Crippen LogP) is -0.657. The van der Waals surface area contributed by atoms with Gasteiger partial charge < -0.3 is 10.4 Å². The number of nitrogens with two attached hydrogens (primary N) is 1. The van der Waals surface area contributed by atoms with Crippen LogP contribution in [0.1, 0.15) is 27.7 Å². The maximum Gasteiger partial charge on any atom is 0.0803 e. The average Bonchev–Trinajstić information content (AvgIpc) is 1.68. The lowest BCUT2D eigenvalue weighted by Crippen LogP contribution is -2.92. The van der Waals surface area contributed by atoms with Crippen LogP contribution in [0.25, 0.3) is 0 Å². The van der Waals surface area contributed by atoms with Crippen LogP contribution in [0.3, 0.4) is 0 Å². The van der Waals surface area contributed by atoms with Gasteiger partial charge in [0.05, 0.1) is 12.1 Å². The Balaban J connectivity index is 0. The predicted molar refractivity (Wildman–Crippen MR) is 38.1 cm³/mol. The maximum absolute atomic E-state index is 8.25. The van der Waals surface area contributed by atoms with E-state index in [2.05, 4.69) is 33.0 Å². The molecule has 9 heavy (non-hydrogen) atoms. The molecule has 2 heteroatoms. The first kappa shape index (κ1) is 11.7. The van der Waals surface area contributed by atoms with Gasteiger partial charge in [-0.1, -0.05) is 0 Å². The van der Waals surface area contributed by atoms with Crippen molar-refractivity contribution >= 4 is 0 Å². The second-order valence-electron chi connectivity index (χ2n) is 2.68. The molecular weight excluding hydrogens is 114 g/mol. The summed E-state index contributed by atoms with van der Waals surface area (Å²) >= 11 is 0. The average molecular weight is 133 g/mol. The number of rotatable bonds is 2. The van der Waals surface area contributed by atoms with Crippen LogP contribution in [0, 0.1) is 0 Å². The minimum absolute atomic E-state index is 0.750. The first-order valence-electron chi connectivity index (χ1n) is 3.38. The van der Waals surface area contributed by atoms with Gasteiger partial charge in [-0.2, -0.15) is 7.11 Å². The summed E-state index contributed by atoms with van der Waals surface area (Å²) in [6.45, 7) is 8.83. The van der Waals surface area contributed by atoms with E-state index in [9.17, 15) is 0 Å². The summed E-state index contributed by atoms with van der Waals surface area (Å²) in [6.07, 6.45) is 0. The van der Waals surface area contributed by atoms with E-state index in [1.165, 1.54) is 0 Å². The van der Waals surface area contributed by atoms with E-state index in [0.717, 1.165) is 19.2 Å². The highest BCUT2D eigenvalue weighted by Crippen LogP contribution is 1.67. The lowest BCUT2D eigenvalue weighted by molar-refractivity contribution is -0.709. The second-order valence-corrected chi connectivity index (χ2v) is 2.68. The third kappa shape index (κ3) is 18.1. The van der Waals surface area contributed by atoms with E-state index in [1.807, 2.05) is 0 Å². The largest absolute Gasteiger partial charge is 0.857 e. The van der Waals surface area contributed by atoms with Crippen LogP contribution < -0.4 is 10.4 Å². The summed E-state index contributed by atoms with van der Waals surface area (Å²) in [5.41, 5.74) is 0. The van der Waals surface area contributed by atoms with Crippen molar-refractivity contribution in [3.8, 4) is 0 Å². The molecule has 0 saturated heterocycles. The van der Waals surface area contributed by atoms with Gasteiger partial charge in [0.15, 0.2) is 0 Å². The maximum atomic E-state index is 8.25.